The molecule has 0 bridgehead atoms. The summed E-state index contributed by atoms with van der Waals surface area (Å²) in [5.41, 5.74) is 2.65. The van der Waals surface area contributed by atoms with Gasteiger partial charge in [0.1, 0.15) is 0 Å². The molecule has 1 aliphatic heterocycles. The van der Waals surface area contributed by atoms with Gasteiger partial charge in [0.05, 0.1) is 6.10 Å². The van der Waals surface area contributed by atoms with Crippen LogP contribution in [0.3, 0.4) is 0 Å². The molecule has 0 amide bonds. The van der Waals surface area contributed by atoms with Gasteiger partial charge in [-0.3, -0.25) is 0 Å². The van der Waals surface area contributed by atoms with Crippen LogP contribution in [0.2, 0.25) is 18.1 Å². The molecular formula is C23H32BrNOSi. The first-order valence-electron chi connectivity index (χ1n) is 9.92. The van der Waals surface area contributed by atoms with E-state index in [4.69, 9.17) is 4.43 Å². The first-order valence-corrected chi connectivity index (χ1v) is 13.6. The quantitative estimate of drug-likeness (QED) is 0.499. The van der Waals surface area contributed by atoms with Crippen LogP contribution in [-0.4, -0.2) is 14.4 Å². The predicted molar refractivity (Wildman–Crippen MR) is 121 cm³/mol. The SMILES string of the molecule is CC(C)(C)[Si](C)(C)OC(c1ccccc1)[C@H]1CC[C@@H](c2ccc(Br)cc2)N1. The minimum atomic E-state index is -1.87. The Labute approximate surface area is 174 Å². The van der Waals surface area contributed by atoms with Crippen LogP contribution in [0, 0.1) is 0 Å². The lowest BCUT2D eigenvalue weighted by atomic mass is 10.0. The molecule has 2 aromatic carbocycles. The van der Waals surface area contributed by atoms with Crippen LogP contribution in [0.5, 0.6) is 0 Å². The van der Waals surface area contributed by atoms with E-state index in [9.17, 15) is 0 Å². The zero-order valence-electron chi connectivity index (χ0n) is 17.1. The van der Waals surface area contributed by atoms with Gasteiger partial charge in [0.25, 0.3) is 0 Å². The maximum Gasteiger partial charge on any atom is 0.192 e. The highest BCUT2D eigenvalue weighted by Gasteiger charge is 2.42. The maximum absolute atomic E-state index is 6.94. The van der Waals surface area contributed by atoms with Gasteiger partial charge >= 0.3 is 0 Å². The smallest absolute Gasteiger partial charge is 0.192 e. The number of nitrogens with one attached hydrogen (secondary N) is 1. The largest absolute Gasteiger partial charge is 0.408 e. The van der Waals surface area contributed by atoms with Gasteiger partial charge in [0.2, 0.25) is 0 Å². The molecule has 3 atom stereocenters. The van der Waals surface area contributed by atoms with E-state index in [0.29, 0.717) is 12.1 Å². The number of hydrogen-bond acceptors (Lipinski definition) is 2. The number of hydrogen-bond donors (Lipinski definition) is 1. The molecule has 0 spiro atoms. The van der Waals surface area contributed by atoms with Crippen LogP contribution in [0.25, 0.3) is 0 Å². The highest BCUT2D eigenvalue weighted by Crippen LogP contribution is 2.42. The summed E-state index contributed by atoms with van der Waals surface area (Å²) in [6, 6.07) is 20.2. The highest BCUT2D eigenvalue weighted by molar-refractivity contribution is 9.10. The minimum Gasteiger partial charge on any atom is -0.408 e. The Morgan fingerprint density at radius 2 is 1.63 bits per heavy atom. The van der Waals surface area contributed by atoms with Gasteiger partial charge in [0, 0.05) is 16.6 Å². The summed E-state index contributed by atoms with van der Waals surface area (Å²) in [6.07, 6.45) is 2.39. The Hall–Kier alpha value is -0.943. The first-order chi connectivity index (χ1) is 12.7. The van der Waals surface area contributed by atoms with Crippen LogP contribution in [0.4, 0.5) is 0 Å². The van der Waals surface area contributed by atoms with Crippen molar-refractivity contribution >= 4 is 24.2 Å². The molecule has 0 aromatic heterocycles. The van der Waals surface area contributed by atoms with Gasteiger partial charge in [-0.15, -0.1) is 0 Å². The topological polar surface area (TPSA) is 21.3 Å². The Bertz CT molecular complexity index is 739. The first kappa shape index (κ1) is 20.8. The zero-order chi connectivity index (χ0) is 19.7. The maximum atomic E-state index is 6.94. The van der Waals surface area contributed by atoms with Crippen molar-refractivity contribution < 1.29 is 4.43 Å². The summed E-state index contributed by atoms with van der Waals surface area (Å²) in [5, 5.41) is 4.08. The summed E-state index contributed by atoms with van der Waals surface area (Å²) in [7, 11) is -1.87. The molecule has 3 rings (SSSR count). The minimum absolute atomic E-state index is 0.104. The van der Waals surface area contributed by atoms with Crippen LogP contribution >= 0.6 is 15.9 Å². The summed E-state index contributed by atoms with van der Waals surface area (Å²) in [6.45, 7) is 11.6. The van der Waals surface area contributed by atoms with Gasteiger partial charge in [-0.2, -0.15) is 0 Å². The molecule has 0 radical (unpaired) electrons. The number of rotatable bonds is 5. The van der Waals surface area contributed by atoms with E-state index in [0.717, 1.165) is 17.3 Å². The van der Waals surface area contributed by atoms with E-state index in [1.807, 2.05) is 0 Å². The molecule has 1 heterocycles. The van der Waals surface area contributed by atoms with Crippen LogP contribution in [-0.2, 0) is 4.43 Å². The number of halogens is 1. The van der Waals surface area contributed by atoms with Gasteiger partial charge < -0.3 is 9.74 Å². The molecule has 1 fully saturated rings. The van der Waals surface area contributed by atoms with E-state index in [2.05, 4.69) is 110 Å². The summed E-state index contributed by atoms with van der Waals surface area (Å²) in [5.74, 6) is 0. The molecule has 0 aliphatic carbocycles. The van der Waals surface area contributed by atoms with Crippen LogP contribution in [0.1, 0.15) is 56.9 Å². The average molecular weight is 447 g/mol. The normalized spacial score (nSPS) is 22.0. The highest BCUT2D eigenvalue weighted by atomic mass is 79.9. The molecule has 1 N–H and O–H groups in total. The Kier molecular flexibility index (Phi) is 6.31. The third-order valence-electron chi connectivity index (χ3n) is 6.18. The standard InChI is InChI=1S/C23H32BrNOSi/c1-23(2,3)27(4,5)26-22(18-9-7-6-8-10-18)21-16-15-20(25-21)17-11-13-19(24)14-12-17/h6-14,20-22,25H,15-16H2,1-5H3/t20-,21+,22?/m0/s1. The predicted octanol–water partition coefficient (Wildman–Crippen LogP) is 7.01. The Balaban J connectivity index is 1.82. The molecule has 2 aromatic rings. The Morgan fingerprint density at radius 3 is 2.22 bits per heavy atom. The summed E-state index contributed by atoms with van der Waals surface area (Å²) < 4.78 is 8.07. The summed E-state index contributed by atoms with van der Waals surface area (Å²) in [4.78, 5) is 0. The third kappa shape index (κ3) is 4.92. The second kappa shape index (κ2) is 8.20. The lowest BCUT2D eigenvalue weighted by Gasteiger charge is -2.41. The summed E-state index contributed by atoms with van der Waals surface area (Å²) >= 11 is 3.54. The van der Waals surface area contributed by atoms with Crippen LogP contribution in [0.15, 0.2) is 59.1 Å². The van der Waals surface area contributed by atoms with Crippen molar-refractivity contribution in [2.24, 2.45) is 0 Å². The molecule has 4 heteroatoms. The molecule has 1 aliphatic rings. The van der Waals surface area contributed by atoms with E-state index < -0.39 is 8.32 Å². The van der Waals surface area contributed by atoms with E-state index >= 15 is 0 Å². The average Bonchev–Trinajstić information content (AvgIpc) is 3.10. The molecule has 146 valence electrons. The second-order valence-electron chi connectivity index (χ2n) is 9.16. The van der Waals surface area contributed by atoms with Crippen LogP contribution < -0.4 is 5.32 Å². The van der Waals surface area contributed by atoms with Gasteiger partial charge in [-0.05, 0) is 54.2 Å². The van der Waals surface area contributed by atoms with Crippen molar-refractivity contribution in [3.63, 3.8) is 0 Å². The van der Waals surface area contributed by atoms with Crippen molar-refractivity contribution in [2.45, 2.75) is 69.9 Å². The Morgan fingerprint density at radius 1 is 1.00 bits per heavy atom. The molecule has 1 unspecified atom stereocenters. The fraction of sp³-hybridized carbons (Fsp3) is 0.478. The van der Waals surface area contributed by atoms with E-state index in [-0.39, 0.29) is 11.1 Å². The second-order valence-corrected chi connectivity index (χ2v) is 14.8. The molecular weight excluding hydrogens is 414 g/mol. The molecule has 27 heavy (non-hydrogen) atoms. The zero-order valence-corrected chi connectivity index (χ0v) is 19.7. The molecule has 0 saturated carbocycles. The van der Waals surface area contributed by atoms with Gasteiger partial charge in [-0.25, -0.2) is 0 Å². The lowest BCUT2D eigenvalue weighted by Crippen LogP contribution is -2.45. The fourth-order valence-electron chi connectivity index (χ4n) is 3.49. The monoisotopic (exact) mass is 445 g/mol. The molecule has 2 nitrogen and oxygen atoms in total. The van der Waals surface area contributed by atoms with Gasteiger partial charge in [-0.1, -0.05) is 79.2 Å². The number of benzene rings is 2. The van der Waals surface area contributed by atoms with Crippen molar-refractivity contribution in [2.75, 3.05) is 0 Å². The fourth-order valence-corrected chi connectivity index (χ4v) is 5.04. The van der Waals surface area contributed by atoms with Crippen molar-refractivity contribution in [3.05, 3.63) is 70.2 Å². The van der Waals surface area contributed by atoms with Crippen molar-refractivity contribution in [3.8, 4) is 0 Å². The van der Waals surface area contributed by atoms with Crippen molar-refractivity contribution in [1.82, 2.24) is 5.32 Å². The van der Waals surface area contributed by atoms with E-state index in [1.54, 1.807) is 0 Å². The van der Waals surface area contributed by atoms with Gasteiger partial charge in [0.15, 0.2) is 8.32 Å². The van der Waals surface area contributed by atoms with E-state index in [1.165, 1.54) is 11.1 Å². The van der Waals surface area contributed by atoms with Crippen molar-refractivity contribution in [1.29, 1.82) is 0 Å². The molecule has 1 saturated heterocycles. The lowest BCUT2D eigenvalue weighted by molar-refractivity contribution is 0.143. The third-order valence-corrected chi connectivity index (χ3v) is 11.2.